The lowest BCUT2D eigenvalue weighted by molar-refractivity contribution is 1.09. The molecule has 0 amide bonds. The molecule has 68 valence electrons. The fraction of sp³-hybridized carbons (Fsp3) is 0.222. The van der Waals surface area contributed by atoms with E-state index >= 15 is 0 Å². The van der Waals surface area contributed by atoms with Gasteiger partial charge in [-0.25, -0.2) is 0 Å². The van der Waals surface area contributed by atoms with E-state index in [4.69, 9.17) is 0 Å². The van der Waals surface area contributed by atoms with Crippen molar-refractivity contribution >= 4 is 11.5 Å². The average molecular weight is 177 g/mol. The zero-order chi connectivity index (χ0) is 9.42. The van der Waals surface area contributed by atoms with E-state index in [1.54, 1.807) is 18.3 Å². The molecular formula is C9H11N3O. The number of pyridine rings is 1. The molecule has 0 atom stereocenters. The van der Waals surface area contributed by atoms with Gasteiger partial charge in [-0.15, -0.1) is 0 Å². The third kappa shape index (κ3) is 1.30. The first kappa shape index (κ1) is 7.91. The van der Waals surface area contributed by atoms with Gasteiger partial charge in [-0.1, -0.05) is 0 Å². The van der Waals surface area contributed by atoms with Crippen LogP contribution >= 0.6 is 0 Å². The van der Waals surface area contributed by atoms with Gasteiger partial charge >= 0.3 is 0 Å². The summed E-state index contributed by atoms with van der Waals surface area (Å²) in [6, 6.07) is 3.12. The van der Waals surface area contributed by atoms with Crippen LogP contribution in [0.2, 0.25) is 0 Å². The summed E-state index contributed by atoms with van der Waals surface area (Å²) in [6.45, 7) is 0. The van der Waals surface area contributed by atoms with Gasteiger partial charge in [0.2, 0.25) is 0 Å². The van der Waals surface area contributed by atoms with Gasteiger partial charge in [-0.2, -0.15) is 0 Å². The molecule has 0 aromatic carbocycles. The zero-order valence-corrected chi connectivity index (χ0v) is 7.61. The molecule has 0 aliphatic heterocycles. The van der Waals surface area contributed by atoms with E-state index in [0.717, 1.165) is 11.5 Å². The van der Waals surface area contributed by atoms with Gasteiger partial charge < -0.3 is 14.3 Å². The number of anilines is 1. The second-order valence-electron chi connectivity index (χ2n) is 3.19. The number of fused-ring (bicyclic) bond motifs is 1. The second kappa shape index (κ2) is 2.65. The quantitative estimate of drug-likeness (QED) is 0.696. The van der Waals surface area contributed by atoms with E-state index in [0.29, 0.717) is 0 Å². The molecule has 0 saturated heterocycles. The molecule has 2 aromatic heterocycles. The maximum absolute atomic E-state index is 11.0. The summed E-state index contributed by atoms with van der Waals surface area (Å²) in [5.74, 6) is 0.977. The number of nitrogens with zero attached hydrogens (tertiary/aromatic N) is 2. The first-order chi connectivity index (χ1) is 6.16. The van der Waals surface area contributed by atoms with Crippen LogP contribution in [0.3, 0.4) is 0 Å². The molecule has 4 heteroatoms. The average Bonchev–Trinajstić information content (AvgIpc) is 2.46. The first-order valence-electron chi connectivity index (χ1n) is 4.05. The molecule has 0 saturated carbocycles. The summed E-state index contributed by atoms with van der Waals surface area (Å²) < 4.78 is 1.89. The highest BCUT2D eigenvalue weighted by Crippen LogP contribution is 2.09. The second-order valence-corrected chi connectivity index (χ2v) is 3.19. The Balaban J connectivity index is 2.69. The van der Waals surface area contributed by atoms with Gasteiger partial charge in [-0.3, -0.25) is 4.79 Å². The lowest BCUT2D eigenvalue weighted by Crippen LogP contribution is -2.08. The topological polar surface area (TPSA) is 40.5 Å². The summed E-state index contributed by atoms with van der Waals surface area (Å²) in [5, 5.41) is 0. The Hall–Kier alpha value is -1.71. The minimum atomic E-state index is 0.0205. The van der Waals surface area contributed by atoms with Crippen molar-refractivity contribution in [3.05, 3.63) is 34.7 Å². The lowest BCUT2D eigenvalue weighted by Gasteiger charge is -2.06. The highest BCUT2D eigenvalue weighted by atomic mass is 16.1. The van der Waals surface area contributed by atoms with E-state index in [2.05, 4.69) is 4.98 Å². The summed E-state index contributed by atoms with van der Waals surface area (Å²) >= 11 is 0. The van der Waals surface area contributed by atoms with Crippen LogP contribution in [0.25, 0.3) is 5.65 Å². The summed E-state index contributed by atoms with van der Waals surface area (Å²) in [4.78, 5) is 16.1. The molecule has 0 radical (unpaired) electrons. The van der Waals surface area contributed by atoms with Crippen molar-refractivity contribution < 1.29 is 0 Å². The van der Waals surface area contributed by atoms with Crippen molar-refractivity contribution in [1.29, 1.82) is 0 Å². The maximum Gasteiger partial charge on any atom is 0.183 e. The minimum Gasteiger partial charge on any atom is -0.363 e. The normalized spacial score (nSPS) is 10.6. The number of imidazole rings is 1. The summed E-state index contributed by atoms with van der Waals surface area (Å²) in [5.41, 5.74) is 0.836. The smallest absolute Gasteiger partial charge is 0.183 e. The Labute approximate surface area is 75.4 Å². The van der Waals surface area contributed by atoms with Crippen LogP contribution in [-0.2, 0) is 0 Å². The third-order valence-corrected chi connectivity index (χ3v) is 1.96. The van der Waals surface area contributed by atoms with Gasteiger partial charge in [0, 0.05) is 32.4 Å². The van der Waals surface area contributed by atoms with Crippen molar-refractivity contribution in [2.45, 2.75) is 0 Å². The standard InChI is InChI=1S/C9H11N3O/c1-11(2)9-6-12-4-3-7(13)5-8(12)10-9/h3-6,10H,1-2H3. The molecular weight excluding hydrogens is 166 g/mol. The molecule has 0 spiro atoms. The molecule has 2 aromatic rings. The van der Waals surface area contributed by atoms with Crippen molar-refractivity contribution in [3.63, 3.8) is 0 Å². The molecule has 2 rings (SSSR count). The highest BCUT2D eigenvalue weighted by molar-refractivity contribution is 5.49. The number of hydrogen-bond acceptors (Lipinski definition) is 2. The van der Waals surface area contributed by atoms with E-state index in [1.165, 1.54) is 0 Å². The van der Waals surface area contributed by atoms with Crippen LogP contribution in [0.15, 0.2) is 29.3 Å². The zero-order valence-electron chi connectivity index (χ0n) is 7.61. The van der Waals surface area contributed by atoms with Crippen molar-refractivity contribution in [2.24, 2.45) is 0 Å². The number of rotatable bonds is 1. The van der Waals surface area contributed by atoms with Crippen LogP contribution < -0.4 is 10.3 Å². The molecule has 13 heavy (non-hydrogen) atoms. The van der Waals surface area contributed by atoms with E-state index in [9.17, 15) is 4.79 Å². The molecule has 1 N–H and O–H groups in total. The van der Waals surface area contributed by atoms with E-state index in [1.807, 2.05) is 29.6 Å². The summed E-state index contributed by atoms with van der Waals surface area (Å²) in [6.07, 6.45) is 3.69. The molecule has 0 aliphatic carbocycles. The predicted molar refractivity (Wildman–Crippen MR) is 52.3 cm³/mol. The Kier molecular flexibility index (Phi) is 1.62. The minimum absolute atomic E-state index is 0.0205. The maximum atomic E-state index is 11.0. The Morgan fingerprint density at radius 2 is 2.23 bits per heavy atom. The fourth-order valence-electron chi connectivity index (χ4n) is 1.23. The van der Waals surface area contributed by atoms with Crippen molar-refractivity contribution in [1.82, 2.24) is 9.38 Å². The lowest BCUT2D eigenvalue weighted by atomic mass is 10.5. The van der Waals surface area contributed by atoms with Crippen LogP contribution in [0.4, 0.5) is 5.82 Å². The number of aromatic amines is 1. The van der Waals surface area contributed by atoms with Gasteiger partial charge in [0.25, 0.3) is 0 Å². The molecule has 0 aliphatic rings. The third-order valence-electron chi connectivity index (χ3n) is 1.96. The Morgan fingerprint density at radius 3 is 2.92 bits per heavy atom. The first-order valence-corrected chi connectivity index (χ1v) is 4.05. The fourth-order valence-corrected chi connectivity index (χ4v) is 1.23. The largest absolute Gasteiger partial charge is 0.363 e. The van der Waals surface area contributed by atoms with Crippen LogP contribution in [-0.4, -0.2) is 23.5 Å². The Bertz CT molecular complexity index is 481. The molecule has 0 fully saturated rings. The monoisotopic (exact) mass is 177 g/mol. The van der Waals surface area contributed by atoms with Crippen LogP contribution in [0.5, 0.6) is 0 Å². The number of H-pyrrole nitrogens is 1. The van der Waals surface area contributed by atoms with E-state index < -0.39 is 0 Å². The van der Waals surface area contributed by atoms with Crippen LogP contribution in [0.1, 0.15) is 0 Å². The van der Waals surface area contributed by atoms with Crippen molar-refractivity contribution in [2.75, 3.05) is 19.0 Å². The van der Waals surface area contributed by atoms with Crippen LogP contribution in [0, 0.1) is 0 Å². The van der Waals surface area contributed by atoms with Gasteiger partial charge in [0.15, 0.2) is 5.43 Å². The highest BCUT2D eigenvalue weighted by Gasteiger charge is 2.00. The molecule has 0 bridgehead atoms. The number of aromatic nitrogens is 2. The summed E-state index contributed by atoms with van der Waals surface area (Å²) in [7, 11) is 3.90. The van der Waals surface area contributed by atoms with E-state index in [-0.39, 0.29) is 5.43 Å². The number of hydrogen-bond donors (Lipinski definition) is 1. The molecule has 0 unspecified atom stereocenters. The number of nitrogens with one attached hydrogen (secondary N) is 1. The molecule has 2 heterocycles. The van der Waals surface area contributed by atoms with Gasteiger partial charge in [0.05, 0.1) is 6.20 Å². The van der Waals surface area contributed by atoms with Gasteiger partial charge in [0.1, 0.15) is 11.5 Å². The van der Waals surface area contributed by atoms with Crippen molar-refractivity contribution in [3.8, 4) is 0 Å². The SMILES string of the molecule is CN(C)c1cn2ccc(=O)cc2[nH]1. The molecule has 4 nitrogen and oxygen atoms in total. The predicted octanol–water partition coefficient (Wildman–Crippen LogP) is 0.694. The van der Waals surface area contributed by atoms with Gasteiger partial charge in [-0.05, 0) is 0 Å². The Morgan fingerprint density at radius 1 is 1.46 bits per heavy atom.